The Kier molecular flexibility index (Phi) is 9.52. The lowest BCUT2D eigenvalue weighted by atomic mass is 10.0. The van der Waals surface area contributed by atoms with Gasteiger partial charge in [-0.2, -0.15) is 0 Å². The molecule has 0 bridgehead atoms. The number of nitrogens with two attached hydrogens (primary N) is 1. The number of primary amides is 1. The molecule has 0 aliphatic heterocycles. The van der Waals surface area contributed by atoms with Crippen molar-refractivity contribution in [2.24, 2.45) is 11.7 Å². The number of anilines is 1. The van der Waals surface area contributed by atoms with Gasteiger partial charge in [-0.05, 0) is 49.1 Å². The summed E-state index contributed by atoms with van der Waals surface area (Å²) in [5, 5.41) is 2.81. The van der Waals surface area contributed by atoms with E-state index in [9.17, 15) is 18.0 Å². The molecule has 4 N–H and O–H groups in total. The summed E-state index contributed by atoms with van der Waals surface area (Å²) in [7, 11) is -2.20. The van der Waals surface area contributed by atoms with Crippen LogP contribution in [-0.4, -0.2) is 39.1 Å². The van der Waals surface area contributed by atoms with E-state index < -0.39 is 27.9 Å². The SMILES string of the molecule is COc1ccc(NS(=O)(=O)CC(CCc2ccccc2)NC(=O)CCC(C)C(N)=O)cc1. The first-order valence-electron chi connectivity index (χ1n) is 10.5. The van der Waals surface area contributed by atoms with Crippen molar-refractivity contribution in [3.8, 4) is 5.75 Å². The minimum atomic E-state index is -3.73. The van der Waals surface area contributed by atoms with Gasteiger partial charge in [-0.1, -0.05) is 37.3 Å². The van der Waals surface area contributed by atoms with E-state index >= 15 is 0 Å². The van der Waals surface area contributed by atoms with Crippen molar-refractivity contribution in [1.29, 1.82) is 0 Å². The number of sulfonamides is 1. The van der Waals surface area contributed by atoms with E-state index in [4.69, 9.17) is 10.5 Å². The van der Waals surface area contributed by atoms with Gasteiger partial charge in [0.05, 0.1) is 12.9 Å². The second kappa shape index (κ2) is 12.1. The molecule has 2 amide bonds. The van der Waals surface area contributed by atoms with Crippen molar-refractivity contribution in [3.05, 3.63) is 60.2 Å². The second-order valence-electron chi connectivity index (χ2n) is 7.74. The van der Waals surface area contributed by atoms with Crippen LogP contribution >= 0.6 is 0 Å². The summed E-state index contributed by atoms with van der Waals surface area (Å²) >= 11 is 0. The summed E-state index contributed by atoms with van der Waals surface area (Å²) in [6.45, 7) is 1.66. The fourth-order valence-electron chi connectivity index (χ4n) is 3.12. The average Bonchev–Trinajstić information content (AvgIpc) is 2.76. The molecule has 0 saturated heterocycles. The largest absolute Gasteiger partial charge is 0.497 e. The molecule has 2 rings (SSSR count). The second-order valence-corrected chi connectivity index (χ2v) is 9.51. The van der Waals surface area contributed by atoms with Crippen molar-refractivity contribution < 1.29 is 22.7 Å². The normalized spacial score (nSPS) is 13.1. The molecule has 0 fully saturated rings. The number of methoxy groups -OCH3 is 1. The van der Waals surface area contributed by atoms with Gasteiger partial charge in [0.2, 0.25) is 21.8 Å². The van der Waals surface area contributed by atoms with Gasteiger partial charge in [-0.3, -0.25) is 14.3 Å². The van der Waals surface area contributed by atoms with E-state index in [1.807, 2.05) is 30.3 Å². The first-order valence-corrected chi connectivity index (χ1v) is 12.1. The lowest BCUT2D eigenvalue weighted by Crippen LogP contribution is -2.41. The fraction of sp³-hybridized carbons (Fsp3) is 0.391. The van der Waals surface area contributed by atoms with Crippen LogP contribution in [0.25, 0.3) is 0 Å². The molecule has 2 unspecified atom stereocenters. The van der Waals surface area contributed by atoms with Crippen molar-refractivity contribution in [2.45, 2.75) is 38.6 Å². The molecule has 8 nitrogen and oxygen atoms in total. The van der Waals surface area contributed by atoms with Crippen molar-refractivity contribution >= 4 is 27.5 Å². The van der Waals surface area contributed by atoms with E-state index in [1.54, 1.807) is 31.2 Å². The molecular weight excluding hydrogens is 430 g/mol. The first-order chi connectivity index (χ1) is 15.2. The lowest BCUT2D eigenvalue weighted by Gasteiger charge is -2.20. The van der Waals surface area contributed by atoms with E-state index in [0.29, 0.717) is 30.7 Å². The summed E-state index contributed by atoms with van der Waals surface area (Å²) in [4.78, 5) is 23.6. The first kappa shape index (κ1) is 25.2. The average molecular weight is 462 g/mol. The predicted molar refractivity (Wildman–Crippen MR) is 125 cm³/mol. The van der Waals surface area contributed by atoms with Crippen molar-refractivity contribution in [2.75, 3.05) is 17.6 Å². The van der Waals surface area contributed by atoms with Gasteiger partial charge < -0.3 is 15.8 Å². The van der Waals surface area contributed by atoms with E-state index in [-0.39, 0.29) is 18.1 Å². The Morgan fingerprint density at radius 3 is 2.28 bits per heavy atom. The molecule has 0 saturated carbocycles. The molecule has 0 radical (unpaired) electrons. The lowest BCUT2D eigenvalue weighted by molar-refractivity contribution is -0.123. The molecule has 0 heterocycles. The van der Waals surface area contributed by atoms with Gasteiger partial charge >= 0.3 is 0 Å². The van der Waals surface area contributed by atoms with Gasteiger partial charge in [0.1, 0.15) is 5.75 Å². The summed E-state index contributed by atoms with van der Waals surface area (Å²) in [6, 6.07) is 15.6. The number of carbonyl (C=O) groups is 2. The zero-order valence-corrected chi connectivity index (χ0v) is 19.2. The third-order valence-electron chi connectivity index (χ3n) is 5.06. The monoisotopic (exact) mass is 461 g/mol. The van der Waals surface area contributed by atoms with Gasteiger partial charge in [-0.15, -0.1) is 0 Å². The molecule has 0 spiro atoms. The molecule has 2 aromatic carbocycles. The maximum Gasteiger partial charge on any atom is 0.234 e. The zero-order chi connectivity index (χ0) is 23.6. The van der Waals surface area contributed by atoms with Crippen LogP contribution in [0.4, 0.5) is 5.69 Å². The maximum atomic E-state index is 12.8. The van der Waals surface area contributed by atoms with Crippen LogP contribution in [0.2, 0.25) is 0 Å². The third kappa shape index (κ3) is 8.97. The minimum absolute atomic E-state index is 0.0951. The van der Waals surface area contributed by atoms with E-state index in [0.717, 1.165) is 5.56 Å². The Labute approximate surface area is 189 Å². The number of carbonyl (C=O) groups excluding carboxylic acids is 2. The number of rotatable bonds is 13. The Morgan fingerprint density at radius 2 is 1.69 bits per heavy atom. The van der Waals surface area contributed by atoms with Crippen LogP contribution < -0.4 is 20.5 Å². The summed E-state index contributed by atoms with van der Waals surface area (Å²) in [5.41, 5.74) is 6.71. The number of aryl methyl sites for hydroxylation is 1. The van der Waals surface area contributed by atoms with Crippen LogP contribution in [0, 0.1) is 5.92 Å². The summed E-state index contributed by atoms with van der Waals surface area (Å²) < 4.78 is 33.1. The van der Waals surface area contributed by atoms with Crippen LogP contribution in [0.1, 0.15) is 31.7 Å². The molecule has 0 aliphatic carbocycles. The highest BCUT2D eigenvalue weighted by Gasteiger charge is 2.22. The Bertz CT molecular complexity index is 978. The van der Waals surface area contributed by atoms with Crippen molar-refractivity contribution in [3.63, 3.8) is 0 Å². The van der Waals surface area contributed by atoms with Gasteiger partial charge in [0, 0.05) is 24.1 Å². The standard InChI is InChI=1S/C23H31N3O5S/c1-17(23(24)28)8-15-22(27)25-20(10-9-18-6-4-3-5-7-18)16-32(29,30)26-19-11-13-21(31-2)14-12-19/h3-7,11-14,17,20,26H,8-10,15-16H2,1-2H3,(H2,24,28)(H,25,27). The summed E-state index contributed by atoms with van der Waals surface area (Å²) in [6.07, 6.45) is 1.47. The molecule has 174 valence electrons. The number of hydrogen-bond acceptors (Lipinski definition) is 5. The minimum Gasteiger partial charge on any atom is -0.497 e. The van der Waals surface area contributed by atoms with Crippen LogP contribution in [0.5, 0.6) is 5.75 Å². The van der Waals surface area contributed by atoms with Gasteiger partial charge in [0.25, 0.3) is 0 Å². The zero-order valence-electron chi connectivity index (χ0n) is 18.4. The highest BCUT2D eigenvalue weighted by Crippen LogP contribution is 2.17. The van der Waals surface area contributed by atoms with Crippen LogP contribution in [0.3, 0.4) is 0 Å². The molecule has 2 aromatic rings. The number of benzene rings is 2. The number of ether oxygens (including phenoxy) is 1. The Balaban J connectivity index is 2.04. The third-order valence-corrected chi connectivity index (χ3v) is 6.45. The van der Waals surface area contributed by atoms with Crippen LogP contribution in [-0.2, 0) is 26.0 Å². The molecule has 32 heavy (non-hydrogen) atoms. The Hall–Kier alpha value is -3.07. The molecule has 9 heteroatoms. The Morgan fingerprint density at radius 1 is 1.03 bits per heavy atom. The smallest absolute Gasteiger partial charge is 0.234 e. The molecule has 0 aromatic heterocycles. The maximum absolute atomic E-state index is 12.8. The van der Waals surface area contributed by atoms with Crippen LogP contribution in [0.15, 0.2) is 54.6 Å². The number of amides is 2. The van der Waals surface area contributed by atoms with E-state index in [2.05, 4.69) is 10.0 Å². The summed E-state index contributed by atoms with van der Waals surface area (Å²) in [5.74, 6) is -0.862. The van der Waals surface area contributed by atoms with Gasteiger partial charge in [0.15, 0.2) is 0 Å². The van der Waals surface area contributed by atoms with Gasteiger partial charge in [-0.25, -0.2) is 8.42 Å². The predicted octanol–water partition coefficient (Wildman–Crippen LogP) is 2.46. The quantitative estimate of drug-likeness (QED) is 0.422. The molecule has 0 aliphatic rings. The highest BCUT2D eigenvalue weighted by molar-refractivity contribution is 7.92. The molecule has 2 atom stereocenters. The van der Waals surface area contributed by atoms with E-state index in [1.165, 1.54) is 7.11 Å². The topological polar surface area (TPSA) is 128 Å². The van der Waals surface area contributed by atoms with Crippen molar-refractivity contribution in [1.82, 2.24) is 5.32 Å². The highest BCUT2D eigenvalue weighted by atomic mass is 32.2. The molecular formula is C23H31N3O5S. The number of nitrogens with one attached hydrogen (secondary N) is 2. The number of hydrogen-bond donors (Lipinski definition) is 3. The fourth-order valence-corrected chi connectivity index (χ4v) is 4.48.